The van der Waals surface area contributed by atoms with Crippen molar-refractivity contribution in [3.63, 3.8) is 0 Å². The van der Waals surface area contributed by atoms with Crippen molar-refractivity contribution in [2.75, 3.05) is 20.6 Å². The summed E-state index contributed by atoms with van der Waals surface area (Å²) in [5.41, 5.74) is 2.16. The molecule has 1 saturated carbocycles. The second-order valence-corrected chi connectivity index (χ2v) is 8.99. The van der Waals surface area contributed by atoms with Crippen LogP contribution in [0.25, 0.3) is 5.57 Å². The average molecular weight is 341 g/mol. The molecule has 1 aromatic rings. The zero-order chi connectivity index (χ0) is 18.2. The number of carbonyl (C=O) groups is 1. The van der Waals surface area contributed by atoms with Crippen molar-refractivity contribution >= 4 is 11.5 Å². The largest absolute Gasteiger partial charge is 0.426 e. The molecule has 0 aliphatic heterocycles. The molecular weight excluding hydrogens is 310 g/mol. The highest BCUT2D eigenvalue weighted by molar-refractivity contribution is 5.78. The molecular formula is C22H31NO2. The zero-order valence-corrected chi connectivity index (χ0v) is 16.2. The molecule has 0 radical (unpaired) electrons. The van der Waals surface area contributed by atoms with Crippen LogP contribution in [0.3, 0.4) is 0 Å². The van der Waals surface area contributed by atoms with Crippen LogP contribution in [-0.4, -0.2) is 31.5 Å². The summed E-state index contributed by atoms with van der Waals surface area (Å²) in [6.07, 6.45) is 6.47. The monoisotopic (exact) mass is 341 g/mol. The molecule has 2 bridgehead atoms. The average Bonchev–Trinajstić information content (AvgIpc) is 2.92. The van der Waals surface area contributed by atoms with Crippen molar-refractivity contribution in [2.24, 2.45) is 23.2 Å². The van der Waals surface area contributed by atoms with Crippen LogP contribution in [0.15, 0.2) is 30.3 Å². The standard InChI is InChI=1S/C22H31NO2/c1-22(2,3)21(24)25-18-8-6-7-16(13-18)19-12-15-9-10-17(11-15)20(19)14-23(4)5/h6-8,12-13,15,17,20H,9-11,14H2,1-5H3/t15-,17+,20-/m0/s1. The van der Waals surface area contributed by atoms with Gasteiger partial charge in [-0.15, -0.1) is 0 Å². The molecule has 0 heterocycles. The van der Waals surface area contributed by atoms with E-state index in [4.69, 9.17) is 4.74 Å². The van der Waals surface area contributed by atoms with Gasteiger partial charge in [0.2, 0.25) is 0 Å². The first-order chi connectivity index (χ1) is 11.7. The second-order valence-electron chi connectivity index (χ2n) is 8.99. The molecule has 3 nitrogen and oxygen atoms in total. The van der Waals surface area contributed by atoms with Gasteiger partial charge in [0.05, 0.1) is 5.41 Å². The number of esters is 1. The Bertz CT molecular complexity index is 669. The molecule has 3 atom stereocenters. The van der Waals surface area contributed by atoms with Crippen LogP contribution in [0.1, 0.15) is 45.6 Å². The van der Waals surface area contributed by atoms with E-state index < -0.39 is 5.41 Å². The number of carbonyl (C=O) groups excluding carboxylic acids is 1. The molecule has 0 aromatic heterocycles. The van der Waals surface area contributed by atoms with E-state index in [0.29, 0.717) is 11.7 Å². The molecule has 0 amide bonds. The molecule has 2 aliphatic carbocycles. The van der Waals surface area contributed by atoms with Gasteiger partial charge in [-0.05, 0) is 95.2 Å². The smallest absolute Gasteiger partial charge is 0.316 e. The van der Waals surface area contributed by atoms with E-state index in [1.165, 1.54) is 30.4 Å². The van der Waals surface area contributed by atoms with Gasteiger partial charge in [0.25, 0.3) is 0 Å². The number of benzene rings is 1. The van der Waals surface area contributed by atoms with Crippen molar-refractivity contribution < 1.29 is 9.53 Å². The van der Waals surface area contributed by atoms with Gasteiger partial charge in [0, 0.05) is 6.54 Å². The molecule has 2 aliphatic rings. The van der Waals surface area contributed by atoms with Crippen molar-refractivity contribution in [3.8, 4) is 5.75 Å². The summed E-state index contributed by atoms with van der Waals surface area (Å²) in [5.74, 6) is 2.54. The Morgan fingerprint density at radius 1 is 1.24 bits per heavy atom. The Hall–Kier alpha value is -1.61. The number of ether oxygens (including phenoxy) is 1. The van der Waals surface area contributed by atoms with E-state index in [0.717, 1.165) is 18.4 Å². The van der Waals surface area contributed by atoms with Crippen LogP contribution in [-0.2, 0) is 4.79 Å². The minimum Gasteiger partial charge on any atom is -0.426 e. The van der Waals surface area contributed by atoms with Gasteiger partial charge in [-0.2, -0.15) is 0 Å². The second kappa shape index (κ2) is 6.95. The molecule has 1 aromatic carbocycles. The predicted octanol–water partition coefficient (Wildman–Crippen LogP) is 4.63. The quantitative estimate of drug-likeness (QED) is 0.591. The topological polar surface area (TPSA) is 29.5 Å². The third-order valence-electron chi connectivity index (χ3n) is 5.45. The van der Waals surface area contributed by atoms with E-state index >= 15 is 0 Å². The number of hydrogen-bond acceptors (Lipinski definition) is 3. The van der Waals surface area contributed by atoms with Gasteiger partial charge in [-0.3, -0.25) is 4.79 Å². The first-order valence-electron chi connectivity index (χ1n) is 9.43. The molecule has 0 saturated heterocycles. The Balaban J connectivity index is 1.87. The Morgan fingerprint density at radius 2 is 2.00 bits per heavy atom. The van der Waals surface area contributed by atoms with Crippen LogP contribution >= 0.6 is 0 Å². The lowest BCUT2D eigenvalue weighted by Gasteiger charge is -2.33. The molecule has 3 rings (SSSR count). The first-order valence-corrected chi connectivity index (χ1v) is 9.43. The minimum absolute atomic E-state index is 0.188. The van der Waals surface area contributed by atoms with Crippen LogP contribution < -0.4 is 4.74 Å². The van der Waals surface area contributed by atoms with E-state index in [1.54, 1.807) is 0 Å². The maximum Gasteiger partial charge on any atom is 0.316 e. The fourth-order valence-electron chi connectivity index (χ4n) is 4.15. The summed E-state index contributed by atoms with van der Waals surface area (Å²) in [7, 11) is 4.31. The number of fused-ring (bicyclic) bond motifs is 2. The van der Waals surface area contributed by atoms with Crippen molar-refractivity contribution in [1.29, 1.82) is 0 Å². The van der Waals surface area contributed by atoms with Crippen LogP contribution in [0, 0.1) is 23.2 Å². The van der Waals surface area contributed by atoms with Gasteiger partial charge >= 0.3 is 5.97 Å². The van der Waals surface area contributed by atoms with E-state index in [9.17, 15) is 4.79 Å². The maximum absolute atomic E-state index is 12.2. The van der Waals surface area contributed by atoms with Crippen LogP contribution in [0.2, 0.25) is 0 Å². The summed E-state index contributed by atoms with van der Waals surface area (Å²) in [6, 6.07) is 8.09. The van der Waals surface area contributed by atoms with Gasteiger partial charge in [0.1, 0.15) is 5.75 Å². The third kappa shape index (κ3) is 4.14. The molecule has 3 heteroatoms. The van der Waals surface area contributed by atoms with Crippen LogP contribution in [0.5, 0.6) is 5.75 Å². The van der Waals surface area contributed by atoms with Crippen molar-refractivity contribution in [2.45, 2.75) is 40.0 Å². The van der Waals surface area contributed by atoms with Gasteiger partial charge < -0.3 is 9.64 Å². The van der Waals surface area contributed by atoms with Gasteiger partial charge in [-0.25, -0.2) is 0 Å². The molecule has 0 N–H and O–H groups in total. The van der Waals surface area contributed by atoms with Crippen LogP contribution in [0.4, 0.5) is 0 Å². The SMILES string of the molecule is CN(C)C[C@@H]1C(c2cccc(OC(=O)C(C)(C)C)c2)=C[C@H]2CC[C@@H]1C2. The lowest BCUT2D eigenvalue weighted by Crippen LogP contribution is -2.29. The highest BCUT2D eigenvalue weighted by Gasteiger charge is 2.37. The lowest BCUT2D eigenvalue weighted by atomic mass is 9.76. The first kappa shape index (κ1) is 18.2. The summed E-state index contributed by atoms with van der Waals surface area (Å²) in [6.45, 7) is 6.73. The Kier molecular flexibility index (Phi) is 5.06. The predicted molar refractivity (Wildman–Crippen MR) is 102 cm³/mol. The molecule has 25 heavy (non-hydrogen) atoms. The number of allylic oxidation sites excluding steroid dienone is 1. The summed E-state index contributed by atoms with van der Waals surface area (Å²) >= 11 is 0. The maximum atomic E-state index is 12.2. The third-order valence-corrected chi connectivity index (χ3v) is 5.45. The highest BCUT2D eigenvalue weighted by atomic mass is 16.5. The summed E-state index contributed by atoms with van der Waals surface area (Å²) in [5, 5.41) is 0. The molecule has 136 valence electrons. The fraction of sp³-hybridized carbons (Fsp3) is 0.591. The highest BCUT2D eigenvalue weighted by Crippen LogP contribution is 2.48. The van der Waals surface area contributed by atoms with E-state index in [-0.39, 0.29) is 5.97 Å². The minimum atomic E-state index is -0.493. The van der Waals surface area contributed by atoms with Crippen molar-refractivity contribution in [3.05, 3.63) is 35.9 Å². The summed E-state index contributed by atoms with van der Waals surface area (Å²) in [4.78, 5) is 14.5. The lowest BCUT2D eigenvalue weighted by molar-refractivity contribution is -0.142. The zero-order valence-electron chi connectivity index (χ0n) is 16.2. The van der Waals surface area contributed by atoms with Gasteiger partial charge in [-0.1, -0.05) is 18.2 Å². The number of hydrogen-bond donors (Lipinski definition) is 0. The summed E-state index contributed by atoms with van der Waals surface area (Å²) < 4.78 is 5.62. The number of rotatable bonds is 4. The molecule has 0 unspecified atom stereocenters. The Labute approximate surface area is 152 Å². The number of nitrogens with zero attached hydrogens (tertiary/aromatic N) is 1. The van der Waals surface area contributed by atoms with E-state index in [1.807, 2.05) is 39.0 Å². The van der Waals surface area contributed by atoms with Crippen molar-refractivity contribution in [1.82, 2.24) is 4.90 Å². The molecule has 0 spiro atoms. The molecule has 1 fully saturated rings. The Morgan fingerprint density at radius 3 is 2.68 bits per heavy atom. The van der Waals surface area contributed by atoms with E-state index in [2.05, 4.69) is 31.1 Å². The van der Waals surface area contributed by atoms with Gasteiger partial charge in [0.15, 0.2) is 0 Å². The fourth-order valence-corrected chi connectivity index (χ4v) is 4.15. The normalized spacial score (nSPS) is 25.8.